The molecule has 11 rings (SSSR count). The smallest absolute Gasteiger partial charge is 0.341 e. The zero-order chi connectivity index (χ0) is 67.4. The molecule has 3 unspecified atom stereocenters. The van der Waals surface area contributed by atoms with Crippen LogP contribution in [0.1, 0.15) is 53.2 Å². The van der Waals surface area contributed by atoms with Crippen molar-refractivity contribution in [3.8, 4) is 11.9 Å². The van der Waals surface area contributed by atoms with Gasteiger partial charge in [-0.25, -0.2) is 35.0 Å². The van der Waals surface area contributed by atoms with Gasteiger partial charge in [0, 0.05) is 19.4 Å². The summed E-state index contributed by atoms with van der Waals surface area (Å²) >= 11 is 0. The summed E-state index contributed by atoms with van der Waals surface area (Å²) in [6.45, 7) is 2.35. The van der Waals surface area contributed by atoms with E-state index in [0.29, 0.717) is 11.1 Å². The van der Waals surface area contributed by atoms with Crippen LogP contribution in [-0.4, -0.2) is 256 Å². The maximum atomic E-state index is 11.8. The van der Waals surface area contributed by atoms with E-state index in [9.17, 15) is 64.8 Å². The second-order valence-corrected chi connectivity index (χ2v) is 19.3. The highest BCUT2D eigenvalue weighted by atomic mass is 16.6. The minimum Gasteiger partial charge on any atom is -0.465 e. The average Bonchev–Trinajstić information content (AvgIpc) is 1.62. The van der Waals surface area contributed by atoms with Gasteiger partial charge in [0.1, 0.15) is 90.3 Å². The Labute approximate surface area is 515 Å². The molecule has 25 N–H and O–H groups in total. The third-order valence-electron chi connectivity index (χ3n) is 13.3. The topological polar surface area (TPSA) is 686 Å². The predicted molar refractivity (Wildman–Crippen MR) is 308 cm³/mol. The number of nitrogens with zero attached hydrogens (tertiary/aromatic N) is 16. The molecule has 0 saturated carbocycles. The number of nitrogens with one attached hydrogen (secondary N) is 2. The molecule has 0 bridgehead atoms. The number of nitrogen functional groups attached to an aromatic ring is 4. The van der Waals surface area contributed by atoms with Gasteiger partial charge in [0.15, 0.2) is 59.0 Å². The number of amides is 1. The van der Waals surface area contributed by atoms with Crippen LogP contribution in [0, 0.1) is 5.92 Å². The molecule has 0 spiro atoms. The van der Waals surface area contributed by atoms with Crippen LogP contribution in [0.5, 0.6) is 0 Å². The molecular formula is C48H67N25O19. The molecule has 498 valence electrons. The third kappa shape index (κ3) is 15.1. The number of aliphatic hydroxyl groups is 9. The van der Waals surface area contributed by atoms with Crippen LogP contribution in [0.4, 0.5) is 23.4 Å². The summed E-state index contributed by atoms with van der Waals surface area (Å²) < 4.78 is 32.5. The van der Waals surface area contributed by atoms with E-state index < -0.39 is 118 Å². The van der Waals surface area contributed by atoms with Crippen LogP contribution >= 0.6 is 0 Å². The normalized spacial score (nSPS) is 23.2. The lowest BCUT2D eigenvalue weighted by atomic mass is 10.1. The van der Waals surface area contributed by atoms with Gasteiger partial charge in [0.2, 0.25) is 5.95 Å². The van der Waals surface area contributed by atoms with Crippen LogP contribution in [0.25, 0.3) is 45.4 Å². The van der Waals surface area contributed by atoms with E-state index in [4.69, 9.17) is 47.1 Å². The van der Waals surface area contributed by atoms with E-state index in [2.05, 4.69) is 87.7 Å². The van der Waals surface area contributed by atoms with Crippen molar-refractivity contribution in [3.05, 3.63) is 54.9 Å². The molecule has 3 aliphatic heterocycles. The second-order valence-electron chi connectivity index (χ2n) is 19.3. The molecule has 8 aromatic heterocycles. The number of rotatable bonds is 16. The number of aliphatic hydroxyl groups excluding tert-OH is 9. The summed E-state index contributed by atoms with van der Waals surface area (Å²) in [5.74, 6) is 2.79. The highest BCUT2D eigenvalue weighted by molar-refractivity contribution is 6.02. The molecule has 1 amide bonds. The van der Waals surface area contributed by atoms with Crippen LogP contribution in [0.3, 0.4) is 0 Å². The van der Waals surface area contributed by atoms with Crippen LogP contribution in [-0.2, 0) is 38.1 Å². The number of ether oxygens (including phenoxy) is 5. The van der Waals surface area contributed by atoms with Gasteiger partial charge in [-0.1, -0.05) is 0 Å². The Hall–Kier alpha value is -9.62. The summed E-state index contributed by atoms with van der Waals surface area (Å²) in [6, 6.07) is 0. The Morgan fingerprint density at radius 3 is 1.30 bits per heavy atom. The molecule has 44 nitrogen and oxygen atoms in total. The number of hydrogen-bond donors (Lipinski definition) is 18. The Kier molecular flexibility index (Phi) is 23.5. The molecule has 92 heavy (non-hydrogen) atoms. The van der Waals surface area contributed by atoms with Crippen molar-refractivity contribution in [1.82, 2.24) is 83.4 Å². The number of anilines is 4. The van der Waals surface area contributed by atoms with Gasteiger partial charge in [0.05, 0.1) is 75.5 Å². The fourth-order valence-corrected chi connectivity index (χ4v) is 8.78. The average molecular weight is 1300 g/mol. The first-order valence-electron chi connectivity index (χ1n) is 27.1. The number of hydrogen-bond acceptors (Lipinski definition) is 38. The fourth-order valence-electron chi connectivity index (χ4n) is 8.78. The summed E-state index contributed by atoms with van der Waals surface area (Å²) in [7, 11) is 1.50. The third-order valence-corrected chi connectivity index (χ3v) is 13.3. The van der Waals surface area contributed by atoms with Gasteiger partial charge < -0.3 is 119 Å². The van der Waals surface area contributed by atoms with Gasteiger partial charge >= 0.3 is 11.9 Å². The minimum absolute atomic E-state index is 0.0451. The van der Waals surface area contributed by atoms with Crippen molar-refractivity contribution in [1.29, 1.82) is 0 Å². The second kappa shape index (κ2) is 30.9. The Bertz CT molecular complexity index is 3810. The van der Waals surface area contributed by atoms with E-state index in [1.807, 2.05) is 0 Å². The molecular weight excluding hydrogens is 1230 g/mol. The predicted octanol–water partition coefficient (Wildman–Crippen LogP) is -9.04. The highest BCUT2D eigenvalue weighted by Gasteiger charge is 2.46. The van der Waals surface area contributed by atoms with E-state index in [1.54, 1.807) is 13.8 Å². The number of fused-ring (bicyclic) bond motifs is 3. The van der Waals surface area contributed by atoms with E-state index in [-0.39, 0.29) is 101 Å². The van der Waals surface area contributed by atoms with Crippen LogP contribution < -0.4 is 51.0 Å². The van der Waals surface area contributed by atoms with Gasteiger partial charge in [-0.05, 0) is 13.8 Å². The number of nitrogens with two attached hydrogens (primary N) is 7. The maximum Gasteiger partial charge on any atom is 0.341 e. The molecule has 12 atom stereocenters. The number of esters is 2. The quantitative estimate of drug-likeness (QED) is 0.0107. The Morgan fingerprint density at radius 2 is 0.957 bits per heavy atom. The number of imidazole rings is 3. The number of aromatic nitrogens is 16. The Morgan fingerprint density at radius 1 is 0.587 bits per heavy atom. The maximum absolute atomic E-state index is 11.8. The van der Waals surface area contributed by atoms with Crippen molar-refractivity contribution < 1.29 is 93.6 Å². The standard InChI is InChI=1S/C16H19N7O6.C15H18N8O5.C10H15N7O4.C6H8O4.CH7N3/c1-2-28-15(27)7-3-19-23(4-7)16-20-12(17)9-13(21-16)22(6-18-9)14-11(26)10(25)8(5-24)29-14;1-17-13(27)6-2-19-23(3-6)15-20-11(16)8-12(21-15)22(5-18-8)14-10(26)9(25)7(4-24)28-14;11-7-4-8(15-10(14-7)16-12)17(2-13-4)9-6(20)5(19)3(1-18)21-9;1-2-10-6(9)5(3-7)4-8;2-1(3)4/h3-4,6,8,10-11,14,24-26H,2,5H2,1H3,(H2,17,20,21);2-3,5,7,9-10,14,24-26H,4H2,1H3,(H,17,27)(H2,16,20,21);2-3,5-6,9,18-20H,1,12H2,(H3,11,14,15,16);3-5H,2H2,1H3;1H,2-4H2/t8-,10-,11-,14?;7-,9-,10-,14?;3-,5-,6-,9?;;/m111../s1. The highest BCUT2D eigenvalue weighted by Crippen LogP contribution is 2.35. The molecule has 11 heterocycles. The van der Waals surface area contributed by atoms with Crippen molar-refractivity contribution in [2.75, 3.05) is 62.7 Å². The lowest BCUT2D eigenvalue weighted by Crippen LogP contribution is -2.39. The summed E-state index contributed by atoms with van der Waals surface area (Å²) in [4.78, 5) is 91.3. The van der Waals surface area contributed by atoms with E-state index >= 15 is 0 Å². The SMILES string of the molecule is CCOC(=O)C(C=O)C=O.CCOC(=O)c1cnn(-c2nc(N)c3ncn(C4O[C@H](CO)[C@@H](O)[C@H]4O)c3n2)c1.CNC(=O)c1cnn(-c2nc(N)c3ncn(C4O[C@H](CO)[C@@H](O)[C@H]4O)c3n2)c1.NC(N)N.NNc1nc(N)c2ncn(C3O[C@H](CO)[C@@H](O)[C@H]3O)c2n1. The lowest BCUT2D eigenvalue weighted by molar-refractivity contribution is -0.150. The van der Waals surface area contributed by atoms with Gasteiger partial charge in [0.25, 0.3) is 17.8 Å². The zero-order valence-electron chi connectivity index (χ0n) is 48.6. The summed E-state index contributed by atoms with van der Waals surface area (Å²) in [6.07, 6.45) is -4.07. The summed E-state index contributed by atoms with van der Waals surface area (Å²) in [5, 5.41) is 98.6. The molecule has 3 aliphatic rings. The first-order chi connectivity index (χ1) is 43.9. The van der Waals surface area contributed by atoms with Gasteiger partial charge in [-0.15, -0.1) is 0 Å². The molecule has 3 fully saturated rings. The van der Waals surface area contributed by atoms with Gasteiger partial charge in [-0.3, -0.25) is 28.7 Å². The molecule has 0 aromatic carbocycles. The van der Waals surface area contributed by atoms with Crippen molar-refractivity contribution in [3.63, 3.8) is 0 Å². The molecule has 0 radical (unpaired) electrons. The first-order valence-corrected chi connectivity index (χ1v) is 27.1. The number of aldehydes is 2. The van der Waals surface area contributed by atoms with E-state index in [1.165, 1.54) is 73.9 Å². The zero-order valence-corrected chi connectivity index (χ0v) is 48.6. The largest absolute Gasteiger partial charge is 0.465 e. The van der Waals surface area contributed by atoms with Crippen molar-refractivity contribution >= 4 is 87.3 Å². The molecule has 0 aliphatic carbocycles. The number of hydrazine groups is 1. The molecule has 3 saturated heterocycles. The number of carbonyl (C=O) groups is 5. The molecule has 44 heteroatoms. The van der Waals surface area contributed by atoms with Crippen molar-refractivity contribution in [2.45, 2.75) is 93.8 Å². The Balaban J connectivity index is 0.000000179. The monoisotopic (exact) mass is 1300 g/mol. The molecule has 8 aromatic rings. The van der Waals surface area contributed by atoms with E-state index in [0.717, 1.165) is 0 Å². The number of carbonyl (C=O) groups excluding carboxylic acids is 5. The van der Waals surface area contributed by atoms with Gasteiger partial charge in [-0.2, -0.15) is 40.1 Å². The van der Waals surface area contributed by atoms with Crippen LogP contribution in [0.2, 0.25) is 0 Å². The first kappa shape index (κ1) is 69.8. The fraction of sp³-hybridized carbons (Fsp3) is 0.458. The summed E-state index contributed by atoms with van der Waals surface area (Å²) in [5.41, 5.74) is 36.1. The minimum atomic E-state index is -1.32. The van der Waals surface area contributed by atoms with Crippen LogP contribution in [0.15, 0.2) is 43.8 Å². The lowest BCUT2D eigenvalue weighted by Gasteiger charge is -2.16. The van der Waals surface area contributed by atoms with Crippen molar-refractivity contribution in [2.24, 2.45) is 29.0 Å².